The van der Waals surface area contributed by atoms with E-state index in [9.17, 15) is 53.9 Å². The molecule has 0 spiro atoms. The molecule has 81 heavy (non-hydrogen) atoms. The predicted molar refractivity (Wildman–Crippen MR) is 287 cm³/mol. The Morgan fingerprint density at radius 1 is 0.568 bits per heavy atom. The maximum atomic E-state index is 15.0. The van der Waals surface area contributed by atoms with E-state index in [1.165, 1.54) is 52.0 Å². The molecule has 0 radical (unpaired) electrons. The number of primary amides is 2. The first kappa shape index (κ1) is 63.1. The van der Waals surface area contributed by atoms with Gasteiger partial charge >= 0.3 is 31.2 Å². The van der Waals surface area contributed by atoms with Crippen molar-refractivity contribution < 1.29 is 79.1 Å². The highest BCUT2D eigenvalue weighted by atomic mass is 32.3. The van der Waals surface area contributed by atoms with Crippen LogP contribution in [-0.2, 0) is 70.4 Å². The summed E-state index contributed by atoms with van der Waals surface area (Å²) in [6, 6.07) is 19.7. The van der Waals surface area contributed by atoms with Crippen LogP contribution in [0.3, 0.4) is 0 Å². The molecule has 0 bridgehead atoms. The third-order valence-electron chi connectivity index (χ3n) is 12.8. The number of carbonyl (C=O) groups excluding carboxylic acids is 4. The molecule has 6 atom stereocenters. The Balaban J connectivity index is 1.48. The second-order valence-corrected chi connectivity index (χ2v) is 23.5. The second-order valence-electron chi connectivity index (χ2n) is 20.3. The summed E-state index contributed by atoms with van der Waals surface area (Å²) < 4.78 is 147. The van der Waals surface area contributed by atoms with Crippen LogP contribution in [0.1, 0.15) is 98.3 Å². The topological polar surface area (TPSA) is 376 Å². The molecule has 0 aliphatic rings. The average molecular weight is 1190 g/mol. The SMILES string of the molecule is CC(C)(CC[C@H](C[C@@H](OS(=O)(=O)O[C@H](C[C@@H](CCC(C)(C)OS(=O)(=O)O)C(N)=O)[C@H](Cc1cccc(F)c1)NC(=O)c1cnc2ccccc2n1)[C@H](Cc1cccc(F)c1)NC(=O)c1cnc2ccccc2n1)C(N)=O)OS(=O)(=O)O. The van der Waals surface area contributed by atoms with Crippen LogP contribution < -0.4 is 22.1 Å². The predicted octanol–water partition coefficient (Wildman–Crippen LogP) is 4.99. The van der Waals surface area contributed by atoms with Crippen LogP contribution in [0.5, 0.6) is 0 Å². The van der Waals surface area contributed by atoms with Crippen molar-refractivity contribution in [3.8, 4) is 0 Å². The molecule has 0 saturated heterocycles. The zero-order valence-corrected chi connectivity index (χ0v) is 46.5. The lowest BCUT2D eigenvalue weighted by molar-refractivity contribution is -0.123. The molecule has 2 heterocycles. The summed E-state index contributed by atoms with van der Waals surface area (Å²) in [5, 5.41) is 5.33. The van der Waals surface area contributed by atoms with Gasteiger partial charge in [0.25, 0.3) is 11.8 Å². The van der Waals surface area contributed by atoms with Gasteiger partial charge in [0, 0.05) is 11.8 Å². The van der Waals surface area contributed by atoms with E-state index in [0.717, 1.165) is 36.7 Å². The van der Waals surface area contributed by atoms with E-state index in [4.69, 9.17) is 28.2 Å². The van der Waals surface area contributed by atoms with Crippen molar-refractivity contribution in [2.24, 2.45) is 23.3 Å². The minimum Gasteiger partial charge on any atom is -0.369 e. The van der Waals surface area contributed by atoms with Crippen LogP contribution in [0.2, 0.25) is 0 Å². The molecule has 8 N–H and O–H groups in total. The first-order valence-electron chi connectivity index (χ1n) is 24.9. The highest BCUT2D eigenvalue weighted by Gasteiger charge is 2.40. The van der Waals surface area contributed by atoms with Crippen molar-refractivity contribution >= 4 is 76.9 Å². The third-order valence-corrected chi connectivity index (χ3v) is 15.0. The molecule has 0 aliphatic carbocycles. The van der Waals surface area contributed by atoms with Gasteiger partial charge in [-0.2, -0.15) is 25.3 Å². The summed E-state index contributed by atoms with van der Waals surface area (Å²) in [4.78, 5) is 72.7. The molecule has 6 rings (SSSR count). The Labute approximate surface area is 466 Å². The fourth-order valence-electron chi connectivity index (χ4n) is 8.88. The number of halogens is 2. The van der Waals surface area contributed by atoms with E-state index in [1.54, 1.807) is 48.5 Å². The Morgan fingerprint density at radius 2 is 0.926 bits per heavy atom. The lowest BCUT2D eigenvalue weighted by Gasteiger charge is -2.33. The van der Waals surface area contributed by atoms with E-state index in [1.807, 2.05) is 0 Å². The number of benzene rings is 4. The molecule has 24 nitrogen and oxygen atoms in total. The zero-order chi connectivity index (χ0) is 59.5. The van der Waals surface area contributed by atoms with Gasteiger partial charge in [-0.25, -0.2) is 35.5 Å². The molecule has 29 heteroatoms. The first-order chi connectivity index (χ1) is 37.8. The van der Waals surface area contributed by atoms with Crippen molar-refractivity contribution in [3.63, 3.8) is 0 Å². The monoisotopic (exact) mass is 1190 g/mol. The minimum atomic E-state index is -5.69. The second kappa shape index (κ2) is 26.7. The van der Waals surface area contributed by atoms with Crippen molar-refractivity contribution in [3.05, 3.63) is 144 Å². The average Bonchev–Trinajstić information content (AvgIpc) is 3.37. The number of hydrogen-bond donors (Lipinski definition) is 6. The number of aromatic nitrogens is 4. The summed E-state index contributed by atoms with van der Waals surface area (Å²) in [5.74, 6) is -8.60. The molecule has 0 saturated carbocycles. The number of rotatable bonds is 30. The standard InChI is InChI=1S/C52H60F2N8O16S3/c1-51(2,77-79(67,68)69)21-19-33(47(55)63)27-45(41(25-31-11-9-13-35(53)23-31)61-49(65)43-29-57-37-15-5-7-17-39(37)59-43)75-81(73,74)76-46(28-34(48(56)64)20-22-52(3,4)78-80(70,71)72)42(26-32-12-10-14-36(54)24-32)62-50(66)44-30-58-38-16-6-8-18-40(38)60-44/h5-18,23-24,29-30,33-34,41-42,45-46H,19-22,25-28H2,1-4H3,(H2,55,63)(H2,56,64)(H,61,65)(H,62,66)(H,67,68,69)(H,70,71,72)/t33-,34-,41+,42+,45-,46-/m1/s1. The highest BCUT2D eigenvalue weighted by Crippen LogP contribution is 2.31. The molecular formula is C52H60F2N8O16S3. The van der Waals surface area contributed by atoms with Crippen molar-refractivity contribution in [2.45, 2.75) is 115 Å². The summed E-state index contributed by atoms with van der Waals surface area (Å²) in [5.41, 5.74) is 9.50. The molecule has 2 aromatic heterocycles. The molecule has 436 valence electrons. The van der Waals surface area contributed by atoms with Gasteiger partial charge in [-0.15, -0.1) is 0 Å². The van der Waals surface area contributed by atoms with Gasteiger partial charge in [0.2, 0.25) is 11.8 Å². The van der Waals surface area contributed by atoms with Gasteiger partial charge in [-0.05, 0) is 139 Å². The fraction of sp³-hybridized carbons (Fsp3) is 0.385. The van der Waals surface area contributed by atoms with Gasteiger partial charge in [0.15, 0.2) is 0 Å². The van der Waals surface area contributed by atoms with Gasteiger partial charge in [-0.1, -0.05) is 48.5 Å². The largest absolute Gasteiger partial charge is 0.400 e. The molecular weight excluding hydrogens is 1130 g/mol. The zero-order valence-electron chi connectivity index (χ0n) is 44.0. The molecule has 4 amide bonds. The highest BCUT2D eigenvalue weighted by molar-refractivity contribution is 7.82. The normalized spacial score (nSPS) is 14.8. The third kappa shape index (κ3) is 20.1. The van der Waals surface area contributed by atoms with Gasteiger partial charge in [-0.3, -0.25) is 38.3 Å². The van der Waals surface area contributed by atoms with Crippen LogP contribution in [0.4, 0.5) is 8.78 Å². The van der Waals surface area contributed by atoms with Gasteiger partial charge in [0.05, 0.1) is 57.7 Å². The smallest absolute Gasteiger partial charge is 0.369 e. The molecule has 0 aliphatic heterocycles. The lowest BCUT2D eigenvalue weighted by atomic mass is 9.87. The Bertz CT molecular complexity index is 3370. The molecule has 4 aromatic carbocycles. The fourth-order valence-corrected chi connectivity index (χ4v) is 11.3. The number of nitrogens with one attached hydrogen (secondary N) is 2. The van der Waals surface area contributed by atoms with E-state index >= 15 is 8.42 Å². The maximum absolute atomic E-state index is 15.0. The lowest BCUT2D eigenvalue weighted by Crippen LogP contribution is -2.51. The Kier molecular flexibility index (Phi) is 20.8. The van der Waals surface area contributed by atoms with Crippen molar-refractivity contribution in [2.75, 3.05) is 0 Å². The molecule has 0 unspecified atom stereocenters. The van der Waals surface area contributed by atoms with Crippen LogP contribution in [0.15, 0.2) is 109 Å². The Hall–Kier alpha value is -7.09. The summed E-state index contributed by atoms with van der Waals surface area (Å²) in [7, 11) is -15.8. The van der Waals surface area contributed by atoms with E-state index in [2.05, 4.69) is 30.6 Å². The minimum absolute atomic E-state index is 0.146. The van der Waals surface area contributed by atoms with E-state index in [-0.39, 0.29) is 59.2 Å². The number of hydrogen-bond acceptors (Lipinski definition) is 18. The summed E-state index contributed by atoms with van der Waals surface area (Å²) in [6.07, 6.45) is -5.53. The molecule has 6 aromatic rings. The van der Waals surface area contributed by atoms with Crippen LogP contribution in [0, 0.1) is 23.5 Å². The number of carbonyl (C=O) groups is 4. The van der Waals surface area contributed by atoms with Crippen LogP contribution in [0.25, 0.3) is 22.1 Å². The summed E-state index contributed by atoms with van der Waals surface area (Å²) in [6.45, 7) is 5.04. The van der Waals surface area contributed by atoms with Gasteiger partial charge in [0.1, 0.15) is 35.2 Å². The van der Waals surface area contributed by atoms with Crippen LogP contribution in [-0.4, -0.2) is 113 Å². The first-order valence-corrected chi connectivity index (χ1v) is 29.0. The van der Waals surface area contributed by atoms with Crippen molar-refractivity contribution in [1.29, 1.82) is 0 Å². The number of para-hydroxylation sites is 4. The maximum Gasteiger partial charge on any atom is 0.400 e. The molecule has 0 fully saturated rings. The quantitative estimate of drug-likeness (QED) is 0.0323. The number of nitrogens with two attached hydrogens (primary N) is 2. The number of amides is 4. The van der Waals surface area contributed by atoms with Gasteiger partial charge < -0.3 is 22.1 Å². The number of nitrogens with zero attached hydrogens (tertiary/aromatic N) is 4. The van der Waals surface area contributed by atoms with Crippen molar-refractivity contribution in [1.82, 2.24) is 30.6 Å². The summed E-state index contributed by atoms with van der Waals surface area (Å²) >= 11 is 0. The Morgan fingerprint density at radius 3 is 1.26 bits per heavy atom. The van der Waals surface area contributed by atoms with E-state index < -0.39 is 139 Å². The van der Waals surface area contributed by atoms with E-state index in [0.29, 0.717) is 11.0 Å². The number of fused-ring (bicyclic) bond motifs is 2. The van der Waals surface area contributed by atoms with Crippen LogP contribution >= 0.6 is 0 Å².